The molecule has 0 aliphatic rings. The van der Waals surface area contributed by atoms with Crippen LogP contribution in [0.5, 0.6) is 0 Å². The molecule has 3 rings (SSSR count). The van der Waals surface area contributed by atoms with Gasteiger partial charge in [-0.2, -0.15) is 0 Å². The first-order chi connectivity index (χ1) is 10.5. The number of benzene rings is 2. The van der Waals surface area contributed by atoms with E-state index in [9.17, 15) is 4.79 Å². The molecule has 0 radical (unpaired) electrons. The third-order valence-corrected chi connectivity index (χ3v) is 4.08. The van der Waals surface area contributed by atoms with Gasteiger partial charge in [-0.1, -0.05) is 29.3 Å². The van der Waals surface area contributed by atoms with Crippen LogP contribution in [0.15, 0.2) is 42.5 Å². The van der Waals surface area contributed by atoms with Crippen LogP contribution in [0, 0.1) is 0 Å². The van der Waals surface area contributed by atoms with Crippen LogP contribution in [0.3, 0.4) is 0 Å². The first kappa shape index (κ1) is 14.9. The number of hydrogen-bond acceptors (Lipinski definition) is 1. The van der Waals surface area contributed by atoms with E-state index in [1.165, 1.54) is 0 Å². The van der Waals surface area contributed by atoms with Crippen LogP contribution in [-0.2, 0) is 11.2 Å². The molecule has 2 aromatic carbocycles. The number of carboxylic acid groups (broad SMARTS) is 1. The molecule has 0 aliphatic heterocycles. The number of rotatable bonds is 4. The number of H-pyrrole nitrogens is 1. The lowest BCUT2D eigenvalue weighted by Crippen LogP contribution is -1.96. The van der Waals surface area contributed by atoms with Crippen molar-refractivity contribution in [1.29, 1.82) is 0 Å². The Kier molecular flexibility index (Phi) is 4.10. The maximum Gasteiger partial charge on any atom is 0.303 e. The number of aliphatic carboxylic acids is 1. The van der Waals surface area contributed by atoms with Gasteiger partial charge in [0.25, 0.3) is 0 Å². The number of aryl methyl sites for hydroxylation is 1. The van der Waals surface area contributed by atoms with Crippen LogP contribution in [-0.4, -0.2) is 16.1 Å². The number of fused-ring (bicyclic) bond motifs is 1. The van der Waals surface area contributed by atoms with Crippen molar-refractivity contribution in [3.63, 3.8) is 0 Å². The first-order valence-electron chi connectivity index (χ1n) is 6.82. The average Bonchev–Trinajstić information content (AvgIpc) is 2.87. The van der Waals surface area contributed by atoms with E-state index in [-0.39, 0.29) is 6.42 Å². The van der Waals surface area contributed by atoms with Crippen LogP contribution in [0.25, 0.3) is 22.2 Å². The minimum atomic E-state index is -0.789. The summed E-state index contributed by atoms with van der Waals surface area (Å²) in [4.78, 5) is 14.0. The molecular weight excluding hydrogens is 321 g/mol. The Morgan fingerprint density at radius 2 is 1.91 bits per heavy atom. The molecular formula is C17H13Cl2NO2. The number of hydrogen-bond donors (Lipinski definition) is 2. The van der Waals surface area contributed by atoms with E-state index in [2.05, 4.69) is 4.98 Å². The highest BCUT2D eigenvalue weighted by Crippen LogP contribution is 2.32. The van der Waals surface area contributed by atoms with Crippen LogP contribution in [0.1, 0.15) is 12.0 Å². The van der Waals surface area contributed by atoms with E-state index < -0.39 is 5.97 Å². The Morgan fingerprint density at radius 3 is 2.64 bits per heavy atom. The van der Waals surface area contributed by atoms with Gasteiger partial charge in [-0.25, -0.2) is 0 Å². The summed E-state index contributed by atoms with van der Waals surface area (Å²) in [6.45, 7) is 0. The summed E-state index contributed by atoms with van der Waals surface area (Å²) in [6, 6.07) is 13.3. The van der Waals surface area contributed by atoms with Gasteiger partial charge >= 0.3 is 5.97 Å². The largest absolute Gasteiger partial charge is 0.481 e. The van der Waals surface area contributed by atoms with Gasteiger partial charge < -0.3 is 10.1 Å². The third-order valence-electron chi connectivity index (χ3n) is 3.53. The number of nitrogens with one attached hydrogen (secondary N) is 1. The second-order valence-corrected chi connectivity index (χ2v) is 5.97. The number of halogens is 2. The summed E-state index contributed by atoms with van der Waals surface area (Å²) in [7, 11) is 0. The zero-order valence-corrected chi connectivity index (χ0v) is 13.1. The van der Waals surface area contributed by atoms with E-state index in [1.54, 1.807) is 12.1 Å². The van der Waals surface area contributed by atoms with E-state index in [0.717, 1.165) is 27.7 Å². The van der Waals surface area contributed by atoms with Crippen molar-refractivity contribution < 1.29 is 9.90 Å². The molecule has 22 heavy (non-hydrogen) atoms. The molecule has 3 aromatic rings. The topological polar surface area (TPSA) is 53.1 Å². The molecule has 112 valence electrons. The Morgan fingerprint density at radius 1 is 1.09 bits per heavy atom. The number of aromatic amines is 1. The molecule has 3 nitrogen and oxygen atoms in total. The SMILES string of the molecule is O=C(O)CCc1ccc2[nH]c(-c3ccc(Cl)cc3Cl)cc2c1. The van der Waals surface area contributed by atoms with Crippen LogP contribution in [0.4, 0.5) is 0 Å². The predicted octanol–water partition coefficient (Wildman–Crippen LogP) is 5.16. The molecule has 0 unspecified atom stereocenters. The second-order valence-electron chi connectivity index (χ2n) is 5.12. The maximum atomic E-state index is 10.7. The first-order valence-corrected chi connectivity index (χ1v) is 7.57. The van der Waals surface area contributed by atoms with Gasteiger partial charge in [0.1, 0.15) is 0 Å². The smallest absolute Gasteiger partial charge is 0.303 e. The fourth-order valence-electron chi connectivity index (χ4n) is 2.44. The van der Waals surface area contributed by atoms with Crippen LogP contribution in [0.2, 0.25) is 10.0 Å². The summed E-state index contributed by atoms with van der Waals surface area (Å²) in [5.41, 5.74) is 3.78. The molecule has 0 spiro atoms. The van der Waals surface area contributed by atoms with Gasteiger partial charge in [0.15, 0.2) is 0 Å². The van der Waals surface area contributed by atoms with E-state index in [1.807, 2.05) is 30.3 Å². The minimum Gasteiger partial charge on any atom is -0.481 e. The van der Waals surface area contributed by atoms with E-state index >= 15 is 0 Å². The summed E-state index contributed by atoms with van der Waals surface area (Å²) in [5, 5.41) is 11.0. The Hall–Kier alpha value is -1.97. The molecule has 1 heterocycles. The van der Waals surface area contributed by atoms with Crippen molar-refractivity contribution in [2.75, 3.05) is 0 Å². The standard InChI is InChI=1S/C17H13Cl2NO2/c18-12-3-4-13(14(19)9-12)16-8-11-7-10(2-6-17(21)22)1-5-15(11)20-16/h1,3-5,7-9,20H,2,6H2,(H,21,22). The van der Waals surface area contributed by atoms with Gasteiger partial charge in [0, 0.05) is 33.6 Å². The highest BCUT2D eigenvalue weighted by atomic mass is 35.5. The second kappa shape index (κ2) is 6.03. The van der Waals surface area contributed by atoms with Crippen molar-refractivity contribution in [2.45, 2.75) is 12.8 Å². The lowest BCUT2D eigenvalue weighted by atomic mass is 10.1. The van der Waals surface area contributed by atoms with Gasteiger partial charge in [-0.05, 0) is 48.4 Å². The molecule has 1 aromatic heterocycles. The number of aromatic nitrogens is 1. The van der Waals surface area contributed by atoms with E-state index in [0.29, 0.717) is 16.5 Å². The lowest BCUT2D eigenvalue weighted by molar-refractivity contribution is -0.136. The third kappa shape index (κ3) is 3.11. The monoisotopic (exact) mass is 333 g/mol. The van der Waals surface area contributed by atoms with Crippen LogP contribution < -0.4 is 0 Å². The highest BCUT2D eigenvalue weighted by Gasteiger charge is 2.09. The summed E-state index contributed by atoms with van der Waals surface area (Å²) >= 11 is 12.2. The molecule has 0 aliphatic carbocycles. The molecule has 0 bridgehead atoms. The fraction of sp³-hybridized carbons (Fsp3) is 0.118. The van der Waals surface area contributed by atoms with Gasteiger partial charge in [0.05, 0.1) is 5.02 Å². The van der Waals surface area contributed by atoms with Gasteiger partial charge in [0.2, 0.25) is 0 Å². The fourth-order valence-corrected chi connectivity index (χ4v) is 2.95. The van der Waals surface area contributed by atoms with Gasteiger partial charge in [-0.15, -0.1) is 0 Å². The summed E-state index contributed by atoms with van der Waals surface area (Å²) < 4.78 is 0. The molecule has 5 heteroatoms. The number of carbonyl (C=O) groups is 1. The van der Waals surface area contributed by atoms with Crippen molar-refractivity contribution in [3.05, 3.63) is 58.1 Å². The predicted molar refractivity (Wildman–Crippen MR) is 89.7 cm³/mol. The maximum absolute atomic E-state index is 10.7. The van der Waals surface area contributed by atoms with Crippen molar-refractivity contribution in [3.8, 4) is 11.3 Å². The minimum absolute atomic E-state index is 0.131. The van der Waals surface area contributed by atoms with Crippen molar-refractivity contribution in [2.24, 2.45) is 0 Å². The average molecular weight is 334 g/mol. The molecule has 0 saturated heterocycles. The summed E-state index contributed by atoms with van der Waals surface area (Å²) in [5.74, 6) is -0.789. The molecule has 0 saturated carbocycles. The molecule has 0 amide bonds. The normalized spacial score (nSPS) is 11.0. The quantitative estimate of drug-likeness (QED) is 0.692. The van der Waals surface area contributed by atoms with Crippen molar-refractivity contribution >= 4 is 40.1 Å². The summed E-state index contributed by atoms with van der Waals surface area (Å²) in [6.07, 6.45) is 0.652. The van der Waals surface area contributed by atoms with Gasteiger partial charge in [-0.3, -0.25) is 4.79 Å². The van der Waals surface area contributed by atoms with Crippen molar-refractivity contribution in [1.82, 2.24) is 4.98 Å². The van der Waals surface area contributed by atoms with E-state index in [4.69, 9.17) is 28.3 Å². The van der Waals surface area contributed by atoms with Crippen LogP contribution >= 0.6 is 23.2 Å². The Bertz CT molecular complexity index is 855. The molecule has 2 N–H and O–H groups in total. The lowest BCUT2D eigenvalue weighted by Gasteiger charge is -2.01. The molecule has 0 atom stereocenters. The zero-order chi connectivity index (χ0) is 15.7. The highest BCUT2D eigenvalue weighted by molar-refractivity contribution is 6.36. The number of carboxylic acids is 1. The Balaban J connectivity index is 1.97. The molecule has 0 fully saturated rings. The Labute approximate surface area is 137 Å². The zero-order valence-electron chi connectivity index (χ0n) is 11.6.